The van der Waals surface area contributed by atoms with Crippen molar-refractivity contribution in [3.8, 4) is 22.6 Å². The molecule has 19 heteroatoms. The number of aromatic nitrogens is 2. The second kappa shape index (κ2) is 20.9. The van der Waals surface area contributed by atoms with Crippen LogP contribution in [0, 0.1) is 29.2 Å². The number of aliphatic hydroxyl groups is 1. The standard InChI is InChI=1S/C55H60ClF4N7O7/c1-29-43-41(27-39(58)47(56)46(43)45-35(52(61)70)12-14-40(48(45)59)73-25-24-68)74-55(29,32-6-4-3-5-7-32)28-62-33-10-8-31(9-11-33)54(72)67-22-18-34(19-23-67)66-20-16-30(17-21-66)44-38(57)26-37-50(64-65(2)51(37)49(44)60)36-13-15-42(69)63-53(36)71/h3-7,12,14,26-27,29-31,33-34,36,62,68H,8-11,13,15-25,28H2,1-2H3,(H2,61,70)(H,63,69,71). The summed E-state index contributed by atoms with van der Waals surface area (Å²) in [5.41, 5.74) is 5.61. The normalized spacial score (nSPS) is 24.0. The van der Waals surface area contributed by atoms with Crippen LogP contribution in [0.25, 0.3) is 22.0 Å². The van der Waals surface area contributed by atoms with Crippen molar-refractivity contribution >= 4 is 46.1 Å². The summed E-state index contributed by atoms with van der Waals surface area (Å²) in [7, 11) is 1.58. The smallest absolute Gasteiger partial charge is 0.249 e. The molecule has 1 aromatic heterocycles. The first-order valence-electron chi connectivity index (χ1n) is 25.7. The fourth-order valence-corrected chi connectivity index (χ4v) is 12.8. The van der Waals surface area contributed by atoms with E-state index in [0.717, 1.165) is 31.2 Å². The van der Waals surface area contributed by atoms with Gasteiger partial charge in [0, 0.05) is 90.7 Å². The Morgan fingerprint density at radius 2 is 1.62 bits per heavy atom. The maximum absolute atomic E-state index is 16.5. The van der Waals surface area contributed by atoms with Gasteiger partial charge in [-0.05, 0) is 101 Å². The number of aliphatic hydroxyl groups excluding tert-OH is 1. The minimum absolute atomic E-state index is 0.0233. The third-order valence-electron chi connectivity index (χ3n) is 16.5. The van der Waals surface area contributed by atoms with Crippen molar-refractivity contribution in [2.45, 2.75) is 107 Å². The van der Waals surface area contributed by atoms with E-state index in [0.29, 0.717) is 57.4 Å². The number of nitrogens with two attached hydrogens (primary N) is 1. The molecule has 1 saturated carbocycles. The molecule has 5 aliphatic rings. The summed E-state index contributed by atoms with van der Waals surface area (Å²) in [6.45, 7) is 4.12. The molecule has 74 heavy (non-hydrogen) atoms. The van der Waals surface area contributed by atoms with Crippen molar-refractivity contribution < 1.29 is 51.3 Å². The molecule has 392 valence electrons. The van der Waals surface area contributed by atoms with E-state index in [-0.39, 0.29) is 112 Å². The van der Waals surface area contributed by atoms with Crippen LogP contribution >= 0.6 is 11.6 Å². The number of fused-ring (bicyclic) bond motifs is 2. The maximum atomic E-state index is 16.5. The summed E-state index contributed by atoms with van der Waals surface area (Å²) in [4.78, 5) is 55.6. The Kier molecular flexibility index (Phi) is 14.5. The van der Waals surface area contributed by atoms with Crippen LogP contribution in [0.1, 0.15) is 122 Å². The SMILES string of the molecule is CC1c2c(cc(F)c(Cl)c2-c2c(C(N)=O)ccc(OCCO)c2F)OC1(CNC1CCC(C(=O)N2CCC(N3CCC(c4c(F)cc5c(C6CCC(=O)NC6=O)nn(C)c5c4F)CC3)CC2)CC1)c1ccccc1. The number of hydrogen-bond acceptors (Lipinski definition) is 10. The van der Waals surface area contributed by atoms with Crippen LogP contribution in [0.5, 0.6) is 11.5 Å². The van der Waals surface area contributed by atoms with Crippen LogP contribution in [0.3, 0.4) is 0 Å². The van der Waals surface area contributed by atoms with Crippen molar-refractivity contribution in [1.82, 2.24) is 30.2 Å². The first-order valence-corrected chi connectivity index (χ1v) is 26.0. The Balaban J connectivity index is 0.758. The first kappa shape index (κ1) is 51.4. The molecule has 3 unspecified atom stereocenters. The van der Waals surface area contributed by atoms with E-state index in [1.54, 1.807) is 7.05 Å². The van der Waals surface area contributed by atoms with Gasteiger partial charge < -0.3 is 35.4 Å². The lowest BCUT2D eigenvalue weighted by Crippen LogP contribution is -2.51. The van der Waals surface area contributed by atoms with E-state index in [1.807, 2.05) is 42.2 Å². The zero-order valence-electron chi connectivity index (χ0n) is 41.3. The number of ether oxygens (including phenoxy) is 2. The molecule has 4 fully saturated rings. The Labute approximate surface area is 430 Å². The summed E-state index contributed by atoms with van der Waals surface area (Å²) in [6.07, 6.45) is 5.92. The van der Waals surface area contributed by atoms with Gasteiger partial charge in [-0.1, -0.05) is 48.9 Å². The number of primary amides is 1. The van der Waals surface area contributed by atoms with Crippen molar-refractivity contribution in [2.24, 2.45) is 18.7 Å². The molecule has 4 aromatic carbocycles. The lowest BCUT2D eigenvalue weighted by atomic mass is 9.77. The molecule has 10 rings (SSSR count). The van der Waals surface area contributed by atoms with Gasteiger partial charge in [0.2, 0.25) is 23.6 Å². The van der Waals surface area contributed by atoms with Gasteiger partial charge in [-0.2, -0.15) is 5.10 Å². The predicted octanol–water partition coefficient (Wildman–Crippen LogP) is 7.85. The van der Waals surface area contributed by atoms with Crippen LogP contribution in [-0.4, -0.2) is 106 Å². The first-order chi connectivity index (χ1) is 35.6. The van der Waals surface area contributed by atoms with Crippen LogP contribution in [0.15, 0.2) is 54.6 Å². The number of amides is 4. The fraction of sp³-hybridized carbons (Fsp3) is 0.473. The van der Waals surface area contributed by atoms with E-state index in [4.69, 9.17) is 26.8 Å². The third kappa shape index (κ3) is 9.29. The highest BCUT2D eigenvalue weighted by atomic mass is 35.5. The summed E-state index contributed by atoms with van der Waals surface area (Å²) < 4.78 is 78.2. The number of hydrogen-bond donors (Lipinski definition) is 4. The summed E-state index contributed by atoms with van der Waals surface area (Å²) in [5.74, 6) is -6.84. The highest BCUT2D eigenvalue weighted by Crippen LogP contribution is 2.57. The van der Waals surface area contributed by atoms with E-state index in [2.05, 4.69) is 20.6 Å². The highest BCUT2D eigenvalue weighted by molar-refractivity contribution is 6.34. The van der Waals surface area contributed by atoms with Gasteiger partial charge in [-0.3, -0.25) is 29.2 Å². The topological polar surface area (TPSA) is 181 Å². The Morgan fingerprint density at radius 3 is 2.30 bits per heavy atom. The van der Waals surface area contributed by atoms with Crippen molar-refractivity contribution in [1.29, 1.82) is 0 Å². The van der Waals surface area contributed by atoms with Gasteiger partial charge in [0.05, 0.1) is 28.8 Å². The van der Waals surface area contributed by atoms with E-state index < -0.39 is 64.1 Å². The number of likely N-dealkylation sites (tertiary alicyclic amines) is 2. The number of piperidine rings is 3. The number of benzene rings is 4. The average Bonchev–Trinajstić information content (AvgIpc) is 3.88. The number of carbonyl (C=O) groups excluding carboxylic acids is 4. The summed E-state index contributed by atoms with van der Waals surface area (Å²) >= 11 is 6.72. The van der Waals surface area contributed by atoms with Crippen LogP contribution in [0.4, 0.5) is 17.6 Å². The Hall–Kier alpha value is -6.08. The van der Waals surface area contributed by atoms with Crippen molar-refractivity contribution in [2.75, 3.05) is 45.9 Å². The maximum Gasteiger partial charge on any atom is 0.249 e. The lowest BCUT2D eigenvalue weighted by Gasteiger charge is -2.43. The molecule has 0 radical (unpaired) electrons. The van der Waals surface area contributed by atoms with Gasteiger partial charge in [-0.15, -0.1) is 0 Å². The van der Waals surface area contributed by atoms with Gasteiger partial charge >= 0.3 is 0 Å². The fourth-order valence-electron chi connectivity index (χ4n) is 12.6. The Bertz CT molecular complexity index is 3010. The number of halogens is 5. The molecule has 5 N–H and O–H groups in total. The van der Waals surface area contributed by atoms with Crippen LogP contribution < -0.4 is 25.8 Å². The molecular formula is C55H60ClF4N7O7. The van der Waals surface area contributed by atoms with Gasteiger partial charge in [0.1, 0.15) is 29.5 Å². The number of rotatable bonds is 13. The van der Waals surface area contributed by atoms with Gasteiger partial charge in [-0.25, -0.2) is 17.6 Å². The Morgan fingerprint density at radius 1 is 0.905 bits per heavy atom. The quantitative estimate of drug-likeness (QED) is 0.0670. The molecule has 5 aromatic rings. The minimum Gasteiger partial charge on any atom is -0.488 e. The summed E-state index contributed by atoms with van der Waals surface area (Å²) in [6, 6.07) is 14.7. The van der Waals surface area contributed by atoms with Crippen molar-refractivity contribution in [3.05, 3.63) is 111 Å². The minimum atomic E-state index is -1.14. The van der Waals surface area contributed by atoms with E-state index in [9.17, 15) is 24.3 Å². The zero-order chi connectivity index (χ0) is 52.2. The molecule has 0 spiro atoms. The number of imide groups is 1. The highest BCUT2D eigenvalue weighted by Gasteiger charge is 2.50. The molecule has 3 atom stereocenters. The van der Waals surface area contributed by atoms with Crippen LogP contribution in [0.2, 0.25) is 5.02 Å². The molecule has 0 bridgehead atoms. The van der Waals surface area contributed by atoms with Gasteiger partial charge in [0.25, 0.3) is 0 Å². The van der Waals surface area contributed by atoms with Crippen molar-refractivity contribution in [3.63, 3.8) is 0 Å². The molecule has 4 amide bonds. The third-order valence-corrected chi connectivity index (χ3v) is 16.9. The molecule has 1 aliphatic carbocycles. The molecular weight excluding hydrogens is 982 g/mol. The average molecular weight is 1040 g/mol. The molecule has 14 nitrogen and oxygen atoms in total. The molecule has 4 aliphatic heterocycles. The van der Waals surface area contributed by atoms with Crippen LogP contribution in [-0.2, 0) is 27.0 Å². The zero-order valence-corrected chi connectivity index (χ0v) is 42.1. The second-order valence-electron chi connectivity index (χ2n) is 20.6. The molecule has 5 heterocycles. The van der Waals surface area contributed by atoms with E-state index in [1.165, 1.54) is 28.9 Å². The largest absolute Gasteiger partial charge is 0.488 e. The number of nitrogens with zero attached hydrogens (tertiary/aromatic N) is 4. The number of aryl methyl sites for hydroxylation is 1. The molecule has 3 saturated heterocycles. The van der Waals surface area contributed by atoms with E-state index >= 15 is 17.6 Å². The monoisotopic (exact) mass is 1040 g/mol. The number of nitrogens with one attached hydrogen (secondary N) is 2. The van der Waals surface area contributed by atoms with Gasteiger partial charge in [0.15, 0.2) is 23.0 Å². The number of carbonyl (C=O) groups is 4. The lowest BCUT2D eigenvalue weighted by molar-refractivity contribution is -0.138. The second-order valence-corrected chi connectivity index (χ2v) is 20.9. The predicted molar refractivity (Wildman–Crippen MR) is 268 cm³/mol. The summed E-state index contributed by atoms with van der Waals surface area (Å²) in [5, 5.41) is 19.7.